The molecule has 0 saturated carbocycles. The molecule has 7 heteroatoms. The second-order valence-corrected chi connectivity index (χ2v) is 4.64. The molecule has 0 amide bonds. The normalized spacial score (nSPS) is 11.4. The molecule has 1 heterocycles. The zero-order chi connectivity index (χ0) is 14.7. The van der Waals surface area contributed by atoms with Gasteiger partial charge in [-0.15, -0.1) is 0 Å². The summed E-state index contributed by atoms with van der Waals surface area (Å²) in [6.45, 7) is 1.81. The first kappa shape index (κ1) is 14.1. The van der Waals surface area contributed by atoms with Crippen LogP contribution in [0.4, 0.5) is 5.82 Å². The third-order valence-corrected chi connectivity index (χ3v) is 3.02. The number of rotatable bonds is 3. The maximum atomic E-state index is 11.4. The molecule has 0 aliphatic heterocycles. The topological polar surface area (TPSA) is 79.2 Å². The van der Waals surface area contributed by atoms with Gasteiger partial charge in [0.05, 0.1) is 5.71 Å². The van der Waals surface area contributed by atoms with Gasteiger partial charge in [0.25, 0.3) is 5.56 Å². The Morgan fingerprint density at radius 1 is 1.30 bits per heavy atom. The monoisotopic (exact) mass is 292 g/mol. The minimum atomic E-state index is -0.501. The fraction of sp³-hybridized carbons (Fsp3) is 0.154. The summed E-state index contributed by atoms with van der Waals surface area (Å²) in [6.07, 6.45) is 0. The highest BCUT2D eigenvalue weighted by atomic mass is 35.5. The first-order valence-electron chi connectivity index (χ1n) is 5.84. The van der Waals surface area contributed by atoms with E-state index in [2.05, 4.69) is 15.5 Å². The van der Waals surface area contributed by atoms with Gasteiger partial charge in [-0.1, -0.05) is 23.7 Å². The molecule has 2 N–H and O–H groups in total. The van der Waals surface area contributed by atoms with Crippen LogP contribution >= 0.6 is 11.6 Å². The number of hydrogen-bond acceptors (Lipinski definition) is 4. The Morgan fingerprint density at radius 2 is 1.95 bits per heavy atom. The van der Waals surface area contributed by atoms with E-state index < -0.39 is 11.2 Å². The van der Waals surface area contributed by atoms with E-state index in [4.69, 9.17) is 11.6 Å². The van der Waals surface area contributed by atoms with Gasteiger partial charge in [-0.25, -0.2) is 4.79 Å². The Labute approximate surface area is 119 Å². The standard InChI is InChI=1S/C13H13ClN4O2/c1-8(9-3-5-10(14)6-4-9)16-17-11-7-12(19)15-13(20)18(11)2/h3-7,17H,1-2H3,(H,15,19,20)/b16-8-. The molecule has 0 atom stereocenters. The van der Waals surface area contributed by atoms with E-state index in [-0.39, 0.29) is 0 Å². The molecule has 2 rings (SSSR count). The van der Waals surface area contributed by atoms with Crippen LogP contribution in [-0.2, 0) is 7.05 Å². The molecule has 0 saturated heterocycles. The molecule has 0 fully saturated rings. The Hall–Kier alpha value is -2.34. The Kier molecular flexibility index (Phi) is 4.05. The van der Waals surface area contributed by atoms with Crippen molar-refractivity contribution in [2.75, 3.05) is 5.43 Å². The molecule has 0 radical (unpaired) electrons. The van der Waals surface area contributed by atoms with E-state index in [1.165, 1.54) is 17.7 Å². The van der Waals surface area contributed by atoms with Crippen molar-refractivity contribution in [3.8, 4) is 0 Å². The van der Waals surface area contributed by atoms with Gasteiger partial charge in [0.15, 0.2) is 0 Å². The molecule has 0 spiro atoms. The molecule has 1 aromatic carbocycles. The van der Waals surface area contributed by atoms with Gasteiger partial charge in [-0.2, -0.15) is 5.10 Å². The van der Waals surface area contributed by atoms with Crippen molar-refractivity contribution in [1.82, 2.24) is 9.55 Å². The van der Waals surface area contributed by atoms with Crippen LogP contribution in [0.1, 0.15) is 12.5 Å². The van der Waals surface area contributed by atoms with Gasteiger partial charge in [0.1, 0.15) is 5.82 Å². The summed E-state index contributed by atoms with van der Waals surface area (Å²) >= 11 is 5.81. The van der Waals surface area contributed by atoms with E-state index in [0.29, 0.717) is 16.6 Å². The van der Waals surface area contributed by atoms with Crippen LogP contribution < -0.4 is 16.7 Å². The van der Waals surface area contributed by atoms with E-state index in [1.54, 1.807) is 12.1 Å². The van der Waals surface area contributed by atoms with Crippen LogP contribution in [0.25, 0.3) is 0 Å². The SMILES string of the molecule is C/C(=N/Nc1cc(=O)[nH]c(=O)n1C)c1ccc(Cl)cc1. The number of aromatic nitrogens is 2. The van der Waals surface area contributed by atoms with E-state index in [9.17, 15) is 9.59 Å². The molecule has 20 heavy (non-hydrogen) atoms. The minimum Gasteiger partial charge on any atom is -0.282 e. The first-order valence-corrected chi connectivity index (χ1v) is 6.22. The van der Waals surface area contributed by atoms with Gasteiger partial charge in [-0.3, -0.25) is 19.8 Å². The maximum absolute atomic E-state index is 11.4. The van der Waals surface area contributed by atoms with E-state index >= 15 is 0 Å². The summed E-state index contributed by atoms with van der Waals surface area (Å²) in [4.78, 5) is 24.8. The van der Waals surface area contributed by atoms with Crippen molar-refractivity contribution >= 4 is 23.1 Å². The first-order chi connectivity index (χ1) is 9.47. The average Bonchev–Trinajstić information content (AvgIpc) is 2.41. The number of hydrazone groups is 1. The average molecular weight is 293 g/mol. The van der Waals surface area contributed by atoms with Crippen LogP contribution in [0.15, 0.2) is 45.0 Å². The van der Waals surface area contributed by atoms with Crippen LogP contribution in [-0.4, -0.2) is 15.3 Å². The van der Waals surface area contributed by atoms with Gasteiger partial charge >= 0.3 is 5.69 Å². The molecular formula is C13H13ClN4O2. The number of hydrogen-bond donors (Lipinski definition) is 2. The van der Waals surface area contributed by atoms with Crippen LogP contribution in [0.3, 0.4) is 0 Å². The van der Waals surface area contributed by atoms with Crippen molar-refractivity contribution in [1.29, 1.82) is 0 Å². The number of halogens is 1. The predicted octanol–water partition coefficient (Wildman–Crippen LogP) is 1.56. The fourth-order valence-corrected chi connectivity index (χ4v) is 1.69. The molecule has 2 aromatic rings. The minimum absolute atomic E-state index is 0.312. The zero-order valence-electron chi connectivity index (χ0n) is 11.0. The van der Waals surface area contributed by atoms with Crippen molar-refractivity contribution < 1.29 is 0 Å². The second kappa shape index (κ2) is 5.75. The molecule has 104 valence electrons. The summed E-state index contributed by atoms with van der Waals surface area (Å²) in [5, 5.41) is 4.79. The number of nitrogens with one attached hydrogen (secondary N) is 2. The Bertz CT molecular complexity index is 759. The summed E-state index contributed by atoms with van der Waals surface area (Å²) in [5.41, 5.74) is 3.32. The summed E-state index contributed by atoms with van der Waals surface area (Å²) in [6, 6.07) is 8.46. The summed E-state index contributed by atoms with van der Waals surface area (Å²) < 4.78 is 1.26. The number of H-pyrrole nitrogens is 1. The predicted molar refractivity (Wildman–Crippen MR) is 79.6 cm³/mol. The van der Waals surface area contributed by atoms with Gasteiger partial charge in [-0.05, 0) is 24.6 Å². The lowest BCUT2D eigenvalue weighted by atomic mass is 10.1. The maximum Gasteiger partial charge on any atom is 0.329 e. The van der Waals surface area contributed by atoms with E-state index in [0.717, 1.165) is 5.56 Å². The van der Waals surface area contributed by atoms with Crippen molar-refractivity contribution in [3.63, 3.8) is 0 Å². The Balaban J connectivity index is 2.27. The van der Waals surface area contributed by atoms with E-state index in [1.807, 2.05) is 19.1 Å². The molecule has 0 unspecified atom stereocenters. The number of benzene rings is 1. The third kappa shape index (κ3) is 3.16. The number of nitrogens with zero attached hydrogens (tertiary/aromatic N) is 2. The van der Waals surface area contributed by atoms with Crippen molar-refractivity contribution in [3.05, 3.63) is 61.8 Å². The highest BCUT2D eigenvalue weighted by molar-refractivity contribution is 6.30. The van der Waals surface area contributed by atoms with Crippen LogP contribution in [0, 0.1) is 0 Å². The van der Waals surface area contributed by atoms with Crippen molar-refractivity contribution in [2.24, 2.45) is 12.1 Å². The smallest absolute Gasteiger partial charge is 0.282 e. The van der Waals surface area contributed by atoms with Crippen LogP contribution in [0.5, 0.6) is 0 Å². The largest absolute Gasteiger partial charge is 0.329 e. The third-order valence-electron chi connectivity index (χ3n) is 2.76. The molecular weight excluding hydrogens is 280 g/mol. The number of anilines is 1. The lowest BCUT2D eigenvalue weighted by Crippen LogP contribution is -2.29. The van der Waals surface area contributed by atoms with Gasteiger partial charge < -0.3 is 0 Å². The summed E-state index contributed by atoms with van der Waals surface area (Å²) in [7, 11) is 1.54. The summed E-state index contributed by atoms with van der Waals surface area (Å²) in [5.74, 6) is 0.312. The molecule has 0 aliphatic carbocycles. The van der Waals surface area contributed by atoms with Crippen molar-refractivity contribution in [2.45, 2.75) is 6.92 Å². The molecule has 0 aliphatic rings. The number of aromatic amines is 1. The van der Waals surface area contributed by atoms with Gasteiger partial charge in [0.2, 0.25) is 0 Å². The van der Waals surface area contributed by atoms with Crippen LogP contribution in [0.2, 0.25) is 5.02 Å². The highest BCUT2D eigenvalue weighted by Crippen LogP contribution is 2.10. The second-order valence-electron chi connectivity index (χ2n) is 4.20. The molecule has 6 nitrogen and oxygen atoms in total. The quantitative estimate of drug-likeness (QED) is 0.665. The highest BCUT2D eigenvalue weighted by Gasteiger charge is 2.02. The lowest BCUT2D eigenvalue weighted by molar-refractivity contribution is 0.803. The zero-order valence-corrected chi connectivity index (χ0v) is 11.7. The molecule has 0 bridgehead atoms. The lowest BCUT2D eigenvalue weighted by Gasteiger charge is -2.07. The van der Waals surface area contributed by atoms with Gasteiger partial charge in [0, 0.05) is 18.1 Å². The molecule has 1 aromatic heterocycles. The fourth-order valence-electron chi connectivity index (χ4n) is 1.56. The Morgan fingerprint density at radius 3 is 2.60 bits per heavy atom.